The van der Waals surface area contributed by atoms with E-state index in [4.69, 9.17) is 4.74 Å². The lowest BCUT2D eigenvalue weighted by molar-refractivity contribution is 0.0252. The van der Waals surface area contributed by atoms with E-state index < -0.39 is 0 Å². The highest BCUT2D eigenvalue weighted by atomic mass is 16.5. The molecule has 1 aromatic rings. The van der Waals surface area contributed by atoms with Gasteiger partial charge in [0.05, 0.1) is 13.2 Å². The van der Waals surface area contributed by atoms with Crippen molar-refractivity contribution in [2.75, 3.05) is 51.3 Å². The molecule has 1 unspecified atom stereocenters. The fourth-order valence-corrected chi connectivity index (χ4v) is 3.94. The molecule has 2 saturated heterocycles. The van der Waals surface area contributed by atoms with E-state index in [1.54, 1.807) is 0 Å². The molecule has 2 aliphatic rings. The summed E-state index contributed by atoms with van der Waals surface area (Å²) in [5, 5.41) is 3.18. The number of rotatable bonds is 4. The Morgan fingerprint density at radius 2 is 2.08 bits per heavy atom. The van der Waals surface area contributed by atoms with Crippen LogP contribution in [0.3, 0.4) is 0 Å². The highest BCUT2D eigenvalue weighted by Gasteiger charge is 2.26. The fraction of sp³-hybridized carbons (Fsp3) is 0.650. The Morgan fingerprint density at radius 3 is 2.84 bits per heavy atom. The van der Waals surface area contributed by atoms with Crippen LogP contribution in [0.25, 0.3) is 0 Å². The molecule has 138 valence electrons. The van der Waals surface area contributed by atoms with Gasteiger partial charge in [0, 0.05) is 38.4 Å². The van der Waals surface area contributed by atoms with Crippen LogP contribution >= 0.6 is 0 Å². The highest BCUT2D eigenvalue weighted by molar-refractivity contribution is 5.91. The number of morpholine rings is 1. The molecule has 2 amide bonds. The number of benzene rings is 1. The third-order valence-electron chi connectivity index (χ3n) is 5.40. The Morgan fingerprint density at radius 1 is 1.28 bits per heavy atom. The minimum atomic E-state index is 0.0516. The number of hydrogen-bond donors (Lipinski definition) is 1. The maximum Gasteiger partial charge on any atom is 0.321 e. The molecule has 2 aliphatic heterocycles. The largest absolute Gasteiger partial charge is 0.379 e. The molecular weight excluding hydrogens is 314 g/mol. The van der Waals surface area contributed by atoms with Crippen LogP contribution in [0, 0.1) is 12.8 Å². The van der Waals surface area contributed by atoms with Crippen LogP contribution in [0.5, 0.6) is 0 Å². The Labute approximate surface area is 151 Å². The summed E-state index contributed by atoms with van der Waals surface area (Å²) in [5.41, 5.74) is 3.33. The van der Waals surface area contributed by atoms with E-state index in [0.717, 1.165) is 70.0 Å². The minimum Gasteiger partial charge on any atom is -0.379 e. The normalized spacial score (nSPS) is 22.0. The maximum absolute atomic E-state index is 12.8. The van der Waals surface area contributed by atoms with Crippen molar-refractivity contribution in [3.8, 4) is 0 Å². The van der Waals surface area contributed by atoms with Gasteiger partial charge in [0.2, 0.25) is 0 Å². The highest BCUT2D eigenvalue weighted by Crippen LogP contribution is 2.23. The molecule has 5 nitrogen and oxygen atoms in total. The van der Waals surface area contributed by atoms with Crippen molar-refractivity contribution in [3.05, 3.63) is 29.3 Å². The van der Waals surface area contributed by atoms with Gasteiger partial charge in [-0.1, -0.05) is 25.1 Å². The van der Waals surface area contributed by atoms with E-state index in [9.17, 15) is 4.79 Å². The summed E-state index contributed by atoms with van der Waals surface area (Å²) in [6.45, 7) is 10.7. The van der Waals surface area contributed by atoms with Crippen LogP contribution in [-0.4, -0.2) is 61.8 Å². The summed E-state index contributed by atoms with van der Waals surface area (Å²) in [5.74, 6) is 0.570. The lowest BCUT2D eigenvalue weighted by Gasteiger charge is -2.36. The molecule has 5 heteroatoms. The van der Waals surface area contributed by atoms with Crippen molar-refractivity contribution in [2.24, 2.45) is 5.92 Å². The molecule has 0 radical (unpaired) electrons. The zero-order valence-corrected chi connectivity index (χ0v) is 15.6. The second-order valence-electron chi connectivity index (χ2n) is 7.26. The Hall–Kier alpha value is -1.59. The molecule has 0 spiro atoms. The average Bonchev–Trinajstić information content (AvgIpc) is 2.64. The lowest BCUT2D eigenvalue weighted by Crippen LogP contribution is -2.47. The molecule has 25 heavy (non-hydrogen) atoms. The molecule has 2 fully saturated rings. The summed E-state index contributed by atoms with van der Waals surface area (Å²) in [7, 11) is 0. The summed E-state index contributed by atoms with van der Waals surface area (Å²) in [4.78, 5) is 17.3. The molecule has 0 saturated carbocycles. The number of carbonyl (C=O) groups excluding carboxylic acids is 1. The van der Waals surface area contributed by atoms with Gasteiger partial charge in [0.25, 0.3) is 0 Å². The van der Waals surface area contributed by atoms with Gasteiger partial charge in [0.1, 0.15) is 0 Å². The topological polar surface area (TPSA) is 44.8 Å². The predicted octanol–water partition coefficient (Wildman–Crippen LogP) is 3.13. The van der Waals surface area contributed by atoms with Gasteiger partial charge in [-0.25, -0.2) is 4.79 Å². The molecule has 0 aliphatic carbocycles. The van der Waals surface area contributed by atoms with E-state index in [0.29, 0.717) is 5.92 Å². The quantitative estimate of drug-likeness (QED) is 0.912. The molecule has 1 atom stereocenters. The molecule has 0 bridgehead atoms. The van der Waals surface area contributed by atoms with Crippen LogP contribution < -0.4 is 5.32 Å². The smallest absolute Gasteiger partial charge is 0.321 e. The van der Waals surface area contributed by atoms with E-state index in [-0.39, 0.29) is 6.03 Å². The van der Waals surface area contributed by atoms with Gasteiger partial charge in [-0.15, -0.1) is 0 Å². The van der Waals surface area contributed by atoms with Crippen molar-refractivity contribution in [3.63, 3.8) is 0 Å². The number of ether oxygens (including phenoxy) is 1. The van der Waals surface area contributed by atoms with Crippen LogP contribution in [0.15, 0.2) is 18.2 Å². The first-order chi connectivity index (χ1) is 12.2. The lowest BCUT2D eigenvalue weighted by atomic mass is 9.97. The Balaban J connectivity index is 1.58. The third kappa shape index (κ3) is 4.73. The van der Waals surface area contributed by atoms with Crippen molar-refractivity contribution >= 4 is 11.7 Å². The number of nitrogens with one attached hydrogen (secondary N) is 1. The van der Waals surface area contributed by atoms with Gasteiger partial charge in [0.15, 0.2) is 0 Å². The van der Waals surface area contributed by atoms with Gasteiger partial charge in [-0.05, 0) is 43.2 Å². The number of amides is 2. The summed E-state index contributed by atoms with van der Waals surface area (Å²) >= 11 is 0. The summed E-state index contributed by atoms with van der Waals surface area (Å²) < 4.78 is 5.43. The number of likely N-dealkylation sites (tertiary alicyclic amines) is 1. The number of anilines is 1. The second kappa shape index (κ2) is 8.68. The van der Waals surface area contributed by atoms with Gasteiger partial charge >= 0.3 is 6.03 Å². The third-order valence-corrected chi connectivity index (χ3v) is 5.40. The number of hydrogen-bond acceptors (Lipinski definition) is 3. The molecule has 3 rings (SSSR count). The molecule has 0 aromatic heterocycles. The van der Waals surface area contributed by atoms with Crippen molar-refractivity contribution in [2.45, 2.75) is 33.1 Å². The van der Waals surface area contributed by atoms with E-state index >= 15 is 0 Å². The van der Waals surface area contributed by atoms with E-state index in [2.05, 4.69) is 42.3 Å². The van der Waals surface area contributed by atoms with Crippen LogP contribution in [-0.2, 0) is 11.2 Å². The van der Waals surface area contributed by atoms with Crippen LogP contribution in [0.2, 0.25) is 0 Å². The number of nitrogens with zero attached hydrogens (tertiary/aromatic N) is 2. The Kier molecular flexibility index (Phi) is 6.32. The Bertz CT molecular complexity index is 584. The first-order valence-corrected chi connectivity index (χ1v) is 9.62. The van der Waals surface area contributed by atoms with Crippen molar-refractivity contribution < 1.29 is 9.53 Å². The van der Waals surface area contributed by atoms with Crippen LogP contribution in [0.1, 0.15) is 30.9 Å². The first kappa shape index (κ1) is 18.2. The van der Waals surface area contributed by atoms with Gasteiger partial charge in [-0.2, -0.15) is 0 Å². The minimum absolute atomic E-state index is 0.0516. The van der Waals surface area contributed by atoms with Crippen molar-refractivity contribution in [1.29, 1.82) is 0 Å². The first-order valence-electron chi connectivity index (χ1n) is 9.62. The summed E-state index contributed by atoms with van der Waals surface area (Å²) in [6.07, 6.45) is 3.24. The monoisotopic (exact) mass is 345 g/mol. The number of aryl methyl sites for hydroxylation is 2. The number of para-hydroxylation sites is 1. The predicted molar refractivity (Wildman–Crippen MR) is 101 cm³/mol. The zero-order chi connectivity index (χ0) is 17.6. The standard InChI is InChI=1S/C20H31N3O2/c1-3-18-8-4-6-16(2)19(18)21-20(24)23-9-5-7-17(15-23)14-22-10-12-25-13-11-22/h4,6,8,17H,3,5,7,9-15H2,1-2H3,(H,21,24). The number of piperidine rings is 1. The average molecular weight is 345 g/mol. The number of carbonyl (C=O) groups is 1. The van der Waals surface area contributed by atoms with Gasteiger partial charge in [-0.3, -0.25) is 4.90 Å². The second-order valence-corrected chi connectivity index (χ2v) is 7.26. The van der Waals surface area contributed by atoms with Crippen molar-refractivity contribution in [1.82, 2.24) is 9.80 Å². The van der Waals surface area contributed by atoms with Gasteiger partial charge < -0.3 is 15.0 Å². The zero-order valence-electron chi connectivity index (χ0n) is 15.6. The van der Waals surface area contributed by atoms with E-state index in [1.165, 1.54) is 12.0 Å². The molecule has 1 aromatic carbocycles. The summed E-state index contributed by atoms with van der Waals surface area (Å²) in [6, 6.07) is 6.27. The molecular formula is C20H31N3O2. The fourth-order valence-electron chi connectivity index (χ4n) is 3.94. The number of urea groups is 1. The molecule has 1 N–H and O–H groups in total. The van der Waals surface area contributed by atoms with E-state index in [1.807, 2.05) is 4.90 Å². The van der Waals surface area contributed by atoms with Crippen LogP contribution in [0.4, 0.5) is 10.5 Å². The molecule has 2 heterocycles. The SMILES string of the molecule is CCc1cccc(C)c1NC(=O)N1CCCC(CN2CCOCC2)C1. The maximum atomic E-state index is 12.8.